The van der Waals surface area contributed by atoms with Gasteiger partial charge in [0.05, 0.1) is 6.54 Å². The number of nitrogens with zero attached hydrogens (tertiary/aromatic N) is 3. The van der Waals surface area contributed by atoms with E-state index in [0.29, 0.717) is 24.5 Å². The minimum absolute atomic E-state index is 0.0134. The standard InChI is InChI=1S/C18H22N4O4/c1-11(2)21-7-8-22-12(9-14(23)16(24)15(22)18(21)26)10-19-17(25)13-5-4-6-20(13)3/h4-6,9,11,24H,7-8,10H2,1-3H3,(H,19,25). The molecule has 2 N–H and O–H groups in total. The number of fused-ring (bicyclic) bond motifs is 1. The number of hydrogen-bond acceptors (Lipinski definition) is 4. The lowest BCUT2D eigenvalue weighted by Gasteiger charge is -2.34. The van der Waals surface area contributed by atoms with Crippen molar-refractivity contribution < 1.29 is 14.7 Å². The van der Waals surface area contributed by atoms with Gasteiger partial charge in [0.1, 0.15) is 5.69 Å². The number of pyridine rings is 1. The predicted octanol–water partition coefficient (Wildman–Crippen LogP) is 0.687. The van der Waals surface area contributed by atoms with Crippen LogP contribution in [0.2, 0.25) is 0 Å². The molecule has 1 aliphatic heterocycles. The molecule has 0 unspecified atom stereocenters. The van der Waals surface area contributed by atoms with Crippen molar-refractivity contribution in [3.63, 3.8) is 0 Å². The summed E-state index contributed by atoms with van der Waals surface area (Å²) in [7, 11) is 1.76. The van der Waals surface area contributed by atoms with E-state index in [1.807, 2.05) is 13.8 Å². The highest BCUT2D eigenvalue weighted by atomic mass is 16.3. The minimum atomic E-state index is -0.627. The maximum absolute atomic E-state index is 12.7. The second kappa shape index (κ2) is 6.70. The second-order valence-electron chi connectivity index (χ2n) is 6.63. The smallest absolute Gasteiger partial charge is 0.274 e. The maximum atomic E-state index is 12.7. The van der Waals surface area contributed by atoms with E-state index in [2.05, 4.69) is 5.32 Å². The fourth-order valence-electron chi connectivity index (χ4n) is 3.20. The van der Waals surface area contributed by atoms with Gasteiger partial charge in [0, 0.05) is 44.1 Å². The largest absolute Gasteiger partial charge is 0.503 e. The molecule has 3 rings (SSSR count). The van der Waals surface area contributed by atoms with Gasteiger partial charge in [-0.2, -0.15) is 0 Å². The van der Waals surface area contributed by atoms with Crippen LogP contribution < -0.4 is 10.7 Å². The molecule has 0 fully saturated rings. The van der Waals surface area contributed by atoms with Crippen LogP contribution in [0.5, 0.6) is 5.75 Å². The third kappa shape index (κ3) is 2.98. The number of aromatic nitrogens is 2. The fraction of sp³-hybridized carbons (Fsp3) is 0.389. The monoisotopic (exact) mass is 358 g/mol. The number of hydrogen-bond donors (Lipinski definition) is 2. The van der Waals surface area contributed by atoms with Crippen LogP contribution in [0.1, 0.15) is 40.5 Å². The Hall–Kier alpha value is -3.03. The van der Waals surface area contributed by atoms with E-state index in [4.69, 9.17) is 0 Å². The maximum Gasteiger partial charge on any atom is 0.274 e. The summed E-state index contributed by atoms with van der Waals surface area (Å²) in [4.78, 5) is 38.7. The third-order valence-corrected chi connectivity index (χ3v) is 4.63. The molecule has 0 aliphatic carbocycles. The number of aryl methyl sites for hydroxylation is 1. The Labute approximate surface area is 150 Å². The summed E-state index contributed by atoms with van der Waals surface area (Å²) in [5, 5.41) is 12.9. The van der Waals surface area contributed by atoms with Crippen LogP contribution in [0, 0.1) is 0 Å². The summed E-state index contributed by atoms with van der Waals surface area (Å²) < 4.78 is 3.31. The molecule has 0 saturated carbocycles. The van der Waals surface area contributed by atoms with Crippen LogP contribution in [0.15, 0.2) is 29.2 Å². The van der Waals surface area contributed by atoms with E-state index in [0.717, 1.165) is 0 Å². The van der Waals surface area contributed by atoms with Crippen molar-refractivity contribution >= 4 is 11.8 Å². The molecule has 0 radical (unpaired) electrons. The Morgan fingerprint density at radius 1 is 1.31 bits per heavy atom. The van der Waals surface area contributed by atoms with Crippen molar-refractivity contribution in [1.82, 2.24) is 19.4 Å². The highest BCUT2D eigenvalue weighted by Crippen LogP contribution is 2.22. The van der Waals surface area contributed by atoms with E-state index in [9.17, 15) is 19.5 Å². The Balaban J connectivity index is 1.91. The lowest BCUT2D eigenvalue weighted by molar-refractivity contribution is 0.0639. The summed E-state index contributed by atoms with van der Waals surface area (Å²) in [5.41, 5.74) is 0.341. The van der Waals surface area contributed by atoms with Gasteiger partial charge in [0.15, 0.2) is 11.4 Å². The van der Waals surface area contributed by atoms with Gasteiger partial charge in [-0.25, -0.2) is 0 Å². The minimum Gasteiger partial charge on any atom is -0.503 e. The lowest BCUT2D eigenvalue weighted by Crippen LogP contribution is -2.46. The first-order valence-electron chi connectivity index (χ1n) is 8.47. The van der Waals surface area contributed by atoms with Gasteiger partial charge in [0.2, 0.25) is 5.43 Å². The molecule has 0 aromatic carbocycles. The predicted molar refractivity (Wildman–Crippen MR) is 95.1 cm³/mol. The molecule has 0 bridgehead atoms. The van der Waals surface area contributed by atoms with Crippen LogP contribution in [-0.2, 0) is 20.1 Å². The molecule has 0 spiro atoms. The zero-order valence-corrected chi connectivity index (χ0v) is 15.0. The second-order valence-corrected chi connectivity index (χ2v) is 6.63. The normalized spacial score (nSPS) is 13.8. The Bertz CT molecular complexity index is 926. The van der Waals surface area contributed by atoms with Crippen LogP contribution >= 0.6 is 0 Å². The molecular formula is C18H22N4O4. The number of rotatable bonds is 4. The molecule has 3 heterocycles. The van der Waals surface area contributed by atoms with E-state index in [1.165, 1.54) is 6.07 Å². The molecule has 0 atom stereocenters. The third-order valence-electron chi connectivity index (χ3n) is 4.63. The molecule has 8 heteroatoms. The zero-order chi connectivity index (χ0) is 19.0. The SMILES string of the molecule is CC(C)N1CCn2c(CNC(=O)c3cccn3C)cc(=O)c(O)c2C1=O. The average Bonchev–Trinajstić information content (AvgIpc) is 3.02. The van der Waals surface area contributed by atoms with Crippen molar-refractivity contribution in [2.45, 2.75) is 33.0 Å². The van der Waals surface area contributed by atoms with Gasteiger partial charge < -0.3 is 24.5 Å². The highest BCUT2D eigenvalue weighted by molar-refractivity contribution is 5.96. The van der Waals surface area contributed by atoms with Crippen LogP contribution in [0.3, 0.4) is 0 Å². The molecule has 138 valence electrons. The van der Waals surface area contributed by atoms with E-state index >= 15 is 0 Å². The van der Waals surface area contributed by atoms with Crippen molar-refractivity contribution in [3.05, 3.63) is 51.7 Å². The quantitative estimate of drug-likeness (QED) is 0.840. The summed E-state index contributed by atoms with van der Waals surface area (Å²) >= 11 is 0. The van der Waals surface area contributed by atoms with Gasteiger partial charge in [-0.3, -0.25) is 14.4 Å². The number of carbonyl (C=O) groups excluding carboxylic acids is 2. The topological polar surface area (TPSA) is 96.6 Å². The molecule has 26 heavy (non-hydrogen) atoms. The molecule has 8 nitrogen and oxygen atoms in total. The van der Waals surface area contributed by atoms with E-state index < -0.39 is 11.2 Å². The van der Waals surface area contributed by atoms with Gasteiger partial charge in [-0.15, -0.1) is 0 Å². The van der Waals surface area contributed by atoms with Crippen molar-refractivity contribution in [2.75, 3.05) is 6.54 Å². The summed E-state index contributed by atoms with van der Waals surface area (Å²) in [6, 6.07) is 4.69. The summed E-state index contributed by atoms with van der Waals surface area (Å²) in [6.45, 7) is 4.77. The van der Waals surface area contributed by atoms with E-state index in [-0.39, 0.29) is 30.1 Å². The molecule has 2 amide bonds. The van der Waals surface area contributed by atoms with Crippen LogP contribution in [-0.4, -0.2) is 43.5 Å². The average molecular weight is 358 g/mol. The first kappa shape index (κ1) is 17.8. The molecular weight excluding hydrogens is 336 g/mol. The van der Waals surface area contributed by atoms with Gasteiger partial charge >= 0.3 is 0 Å². The van der Waals surface area contributed by atoms with Gasteiger partial charge in [0.25, 0.3) is 11.8 Å². The van der Waals surface area contributed by atoms with Gasteiger partial charge in [-0.1, -0.05) is 0 Å². The fourth-order valence-corrected chi connectivity index (χ4v) is 3.20. The Kier molecular flexibility index (Phi) is 4.58. The van der Waals surface area contributed by atoms with E-state index in [1.54, 1.807) is 39.4 Å². The van der Waals surface area contributed by atoms with Crippen LogP contribution in [0.4, 0.5) is 0 Å². The number of nitrogens with one attached hydrogen (secondary N) is 1. The van der Waals surface area contributed by atoms with Crippen molar-refractivity contribution in [1.29, 1.82) is 0 Å². The Morgan fingerprint density at radius 3 is 2.65 bits per heavy atom. The molecule has 1 aliphatic rings. The summed E-state index contributed by atoms with van der Waals surface area (Å²) in [6.07, 6.45) is 1.76. The van der Waals surface area contributed by atoms with Crippen LogP contribution in [0.25, 0.3) is 0 Å². The molecule has 2 aromatic rings. The first-order valence-corrected chi connectivity index (χ1v) is 8.47. The lowest BCUT2D eigenvalue weighted by atomic mass is 10.1. The summed E-state index contributed by atoms with van der Waals surface area (Å²) in [5.74, 6) is -1.20. The Morgan fingerprint density at radius 2 is 2.04 bits per heavy atom. The molecule has 2 aromatic heterocycles. The van der Waals surface area contributed by atoms with Gasteiger partial charge in [-0.05, 0) is 26.0 Å². The number of carbonyl (C=O) groups is 2. The highest BCUT2D eigenvalue weighted by Gasteiger charge is 2.31. The first-order chi connectivity index (χ1) is 12.3. The zero-order valence-electron chi connectivity index (χ0n) is 15.0. The van der Waals surface area contributed by atoms with Crippen molar-refractivity contribution in [2.24, 2.45) is 7.05 Å². The number of aromatic hydroxyl groups is 1. The molecule has 0 saturated heterocycles. The van der Waals surface area contributed by atoms with Crippen molar-refractivity contribution in [3.8, 4) is 5.75 Å². The number of amides is 2.